The van der Waals surface area contributed by atoms with Crippen LogP contribution in [0.4, 0.5) is 13.2 Å². The minimum Gasteiger partial charge on any atom is -0.365 e. The molecule has 0 N–H and O–H groups in total. The molecule has 0 bridgehead atoms. The molecule has 1 fully saturated rings. The van der Waals surface area contributed by atoms with Crippen molar-refractivity contribution in [3.8, 4) is 11.1 Å². The van der Waals surface area contributed by atoms with Crippen LogP contribution in [-0.2, 0) is 4.74 Å². The Kier molecular flexibility index (Phi) is 4.76. The van der Waals surface area contributed by atoms with E-state index in [9.17, 15) is 18.0 Å². The lowest BCUT2D eigenvalue weighted by Gasteiger charge is -2.34. The Balaban J connectivity index is 1.95. The zero-order valence-electron chi connectivity index (χ0n) is 13.6. The predicted molar refractivity (Wildman–Crippen MR) is 86.1 cm³/mol. The highest BCUT2D eigenvalue weighted by atomic mass is 19.4. The first-order chi connectivity index (χ1) is 11.9. The van der Waals surface area contributed by atoms with E-state index < -0.39 is 24.7 Å². The number of hydrogen-bond donors (Lipinski definition) is 0. The molecule has 3 rings (SSSR count). The molecular weight excluding hydrogens is 333 g/mol. The molecule has 0 radical (unpaired) electrons. The second-order valence-corrected chi connectivity index (χ2v) is 5.84. The van der Waals surface area contributed by atoms with Crippen LogP contribution in [0.2, 0.25) is 0 Å². The summed E-state index contributed by atoms with van der Waals surface area (Å²) >= 11 is 0. The summed E-state index contributed by atoms with van der Waals surface area (Å²) < 4.78 is 43.6. The number of nitrogens with zero attached hydrogens (tertiary/aromatic N) is 2. The van der Waals surface area contributed by atoms with Crippen LogP contribution in [0.5, 0.6) is 0 Å². The van der Waals surface area contributed by atoms with Gasteiger partial charge in [0.2, 0.25) is 0 Å². The number of hydrogen-bond acceptors (Lipinski definition) is 3. The first kappa shape index (κ1) is 17.4. The number of ether oxygens (including phenoxy) is 1. The molecule has 1 aliphatic rings. The summed E-state index contributed by atoms with van der Waals surface area (Å²) in [5.41, 5.74) is 2.29. The molecule has 0 aliphatic carbocycles. The van der Waals surface area contributed by atoms with Gasteiger partial charge >= 0.3 is 6.18 Å². The van der Waals surface area contributed by atoms with Crippen LogP contribution in [0.1, 0.15) is 16.1 Å². The van der Waals surface area contributed by atoms with Gasteiger partial charge in [0.05, 0.1) is 24.4 Å². The van der Waals surface area contributed by atoms with E-state index >= 15 is 0 Å². The zero-order chi connectivity index (χ0) is 18.0. The fourth-order valence-electron chi connectivity index (χ4n) is 2.88. The molecule has 1 aromatic carbocycles. The van der Waals surface area contributed by atoms with E-state index in [1.165, 1.54) is 4.90 Å². The molecule has 4 nitrogen and oxygen atoms in total. The van der Waals surface area contributed by atoms with Crippen molar-refractivity contribution < 1.29 is 22.7 Å². The summed E-state index contributed by atoms with van der Waals surface area (Å²) in [6, 6.07) is 10.9. The van der Waals surface area contributed by atoms with Crippen LogP contribution in [0.3, 0.4) is 0 Å². The summed E-state index contributed by atoms with van der Waals surface area (Å²) in [7, 11) is 0. The molecule has 1 aromatic heterocycles. The van der Waals surface area contributed by atoms with E-state index in [4.69, 9.17) is 4.74 Å². The van der Waals surface area contributed by atoms with Crippen molar-refractivity contribution >= 4 is 5.91 Å². The largest absolute Gasteiger partial charge is 0.416 e. The Morgan fingerprint density at radius 3 is 2.64 bits per heavy atom. The number of carbonyl (C=O) groups is 1. The standard InChI is InChI=1S/C18H17F3N2O2/c1-12-16(14(7-8-22-12)13-5-3-2-4-6-13)17(24)23-9-10-25-15(11-23)18(19,20)21/h2-8,15H,9-11H2,1H3. The molecule has 1 atom stereocenters. The minimum absolute atomic E-state index is 0.119. The summed E-state index contributed by atoms with van der Waals surface area (Å²) in [6.45, 7) is 1.15. The number of rotatable bonds is 2. The maximum atomic E-state index is 13.0. The monoisotopic (exact) mass is 350 g/mol. The smallest absolute Gasteiger partial charge is 0.365 e. The van der Waals surface area contributed by atoms with Gasteiger partial charge in [-0.05, 0) is 24.1 Å². The molecule has 1 amide bonds. The quantitative estimate of drug-likeness (QED) is 0.833. The average molecular weight is 350 g/mol. The fraction of sp³-hybridized carbons (Fsp3) is 0.333. The molecule has 25 heavy (non-hydrogen) atoms. The SMILES string of the molecule is Cc1nccc(-c2ccccc2)c1C(=O)N1CCOC(C(F)(F)F)C1. The first-order valence-electron chi connectivity index (χ1n) is 7.86. The third-order valence-electron chi connectivity index (χ3n) is 4.16. The van der Waals surface area contributed by atoms with Gasteiger partial charge in [-0.25, -0.2) is 0 Å². The maximum absolute atomic E-state index is 13.0. The number of aryl methyl sites for hydroxylation is 1. The molecular formula is C18H17F3N2O2. The van der Waals surface area contributed by atoms with Crippen molar-refractivity contribution in [1.82, 2.24) is 9.88 Å². The van der Waals surface area contributed by atoms with Crippen molar-refractivity contribution in [2.24, 2.45) is 0 Å². The molecule has 0 spiro atoms. The number of amides is 1. The highest BCUT2D eigenvalue weighted by molar-refractivity contribution is 6.01. The Morgan fingerprint density at radius 1 is 1.24 bits per heavy atom. The molecule has 7 heteroatoms. The lowest BCUT2D eigenvalue weighted by molar-refractivity contribution is -0.233. The van der Waals surface area contributed by atoms with Crippen LogP contribution in [0.15, 0.2) is 42.6 Å². The number of halogens is 3. The molecule has 0 saturated carbocycles. The summed E-state index contributed by atoms with van der Waals surface area (Å²) in [5.74, 6) is -0.456. The topological polar surface area (TPSA) is 42.4 Å². The van der Waals surface area contributed by atoms with E-state index in [0.717, 1.165) is 5.56 Å². The Labute approximate surface area is 143 Å². The molecule has 1 saturated heterocycles. The van der Waals surface area contributed by atoms with Crippen LogP contribution in [-0.4, -0.2) is 47.8 Å². The number of morpholine rings is 1. The maximum Gasteiger partial charge on any atom is 0.416 e. The first-order valence-corrected chi connectivity index (χ1v) is 7.86. The third kappa shape index (κ3) is 3.66. The predicted octanol–water partition coefficient (Wildman–Crippen LogP) is 3.46. The molecule has 1 unspecified atom stereocenters. The lowest BCUT2D eigenvalue weighted by Crippen LogP contribution is -2.51. The van der Waals surface area contributed by atoms with Gasteiger partial charge in [0.15, 0.2) is 6.10 Å². The normalized spacial score (nSPS) is 18.2. The van der Waals surface area contributed by atoms with E-state index in [-0.39, 0.29) is 13.2 Å². The van der Waals surface area contributed by atoms with Gasteiger partial charge in [0, 0.05) is 12.7 Å². The van der Waals surface area contributed by atoms with Crippen LogP contribution in [0.25, 0.3) is 11.1 Å². The highest BCUT2D eigenvalue weighted by Crippen LogP contribution is 2.29. The van der Waals surface area contributed by atoms with Gasteiger partial charge in [0.1, 0.15) is 0 Å². The lowest BCUT2D eigenvalue weighted by atomic mass is 9.98. The van der Waals surface area contributed by atoms with Crippen LogP contribution < -0.4 is 0 Å². The minimum atomic E-state index is -4.49. The summed E-state index contributed by atoms with van der Waals surface area (Å²) in [4.78, 5) is 18.3. The number of alkyl halides is 3. The van der Waals surface area contributed by atoms with Crippen LogP contribution in [0, 0.1) is 6.92 Å². The van der Waals surface area contributed by atoms with E-state index in [1.807, 2.05) is 30.3 Å². The Bertz CT molecular complexity index is 763. The van der Waals surface area contributed by atoms with Gasteiger partial charge in [0.25, 0.3) is 5.91 Å². The van der Waals surface area contributed by atoms with Gasteiger partial charge in [-0.3, -0.25) is 9.78 Å². The van der Waals surface area contributed by atoms with Crippen molar-refractivity contribution in [3.63, 3.8) is 0 Å². The molecule has 1 aliphatic heterocycles. The van der Waals surface area contributed by atoms with Crippen molar-refractivity contribution in [1.29, 1.82) is 0 Å². The summed E-state index contributed by atoms with van der Waals surface area (Å²) in [6.07, 6.45) is -4.86. The molecule has 132 valence electrons. The Hall–Kier alpha value is -2.41. The molecule has 2 aromatic rings. The van der Waals surface area contributed by atoms with E-state index in [1.54, 1.807) is 19.2 Å². The fourth-order valence-corrected chi connectivity index (χ4v) is 2.88. The van der Waals surface area contributed by atoms with Crippen LogP contribution >= 0.6 is 0 Å². The number of benzene rings is 1. The number of pyridine rings is 1. The van der Waals surface area contributed by atoms with Gasteiger partial charge in [-0.2, -0.15) is 13.2 Å². The van der Waals surface area contributed by atoms with Gasteiger partial charge in [-0.1, -0.05) is 30.3 Å². The van der Waals surface area contributed by atoms with Crippen molar-refractivity contribution in [2.45, 2.75) is 19.2 Å². The van der Waals surface area contributed by atoms with Gasteiger partial charge in [-0.15, -0.1) is 0 Å². The Morgan fingerprint density at radius 2 is 1.96 bits per heavy atom. The number of aromatic nitrogens is 1. The van der Waals surface area contributed by atoms with E-state index in [2.05, 4.69) is 4.98 Å². The molecule has 2 heterocycles. The zero-order valence-corrected chi connectivity index (χ0v) is 13.6. The highest BCUT2D eigenvalue weighted by Gasteiger charge is 2.44. The third-order valence-corrected chi connectivity index (χ3v) is 4.16. The van der Waals surface area contributed by atoms with Gasteiger partial charge < -0.3 is 9.64 Å². The second kappa shape index (κ2) is 6.84. The van der Waals surface area contributed by atoms with Crippen molar-refractivity contribution in [3.05, 3.63) is 53.9 Å². The number of carbonyl (C=O) groups excluding carboxylic acids is 1. The van der Waals surface area contributed by atoms with E-state index in [0.29, 0.717) is 16.8 Å². The summed E-state index contributed by atoms with van der Waals surface area (Å²) in [5, 5.41) is 0. The second-order valence-electron chi connectivity index (χ2n) is 5.84. The van der Waals surface area contributed by atoms with Crippen molar-refractivity contribution in [2.75, 3.05) is 19.7 Å². The average Bonchev–Trinajstić information content (AvgIpc) is 2.61.